The topological polar surface area (TPSA) is 59.1 Å². The lowest BCUT2D eigenvalue weighted by atomic mass is 10.0. The van der Waals surface area contributed by atoms with Crippen molar-refractivity contribution < 1.29 is 4.74 Å². The molecule has 5 nitrogen and oxygen atoms in total. The van der Waals surface area contributed by atoms with Gasteiger partial charge >= 0.3 is 0 Å². The van der Waals surface area contributed by atoms with Gasteiger partial charge in [-0.1, -0.05) is 60.7 Å². The molecule has 1 aliphatic rings. The summed E-state index contributed by atoms with van der Waals surface area (Å²) in [6.07, 6.45) is 1.98. The molecular formula is C24H22N4O. The molecule has 3 aromatic carbocycles. The van der Waals surface area contributed by atoms with E-state index in [0.29, 0.717) is 5.95 Å². The fraction of sp³-hybridized carbons (Fsp3) is 0.167. The Bertz CT molecular complexity index is 1110. The first kappa shape index (κ1) is 17.8. The Morgan fingerprint density at radius 1 is 0.931 bits per heavy atom. The summed E-state index contributed by atoms with van der Waals surface area (Å²) in [7, 11) is 0. The highest BCUT2D eigenvalue weighted by molar-refractivity contribution is 5.93. The number of ether oxygens (including phenoxy) is 1. The number of fused-ring (bicyclic) bond motifs is 1. The highest BCUT2D eigenvalue weighted by Gasteiger charge is 2.15. The van der Waals surface area contributed by atoms with Crippen molar-refractivity contribution in [2.45, 2.75) is 6.10 Å². The zero-order chi connectivity index (χ0) is 19.5. The van der Waals surface area contributed by atoms with Crippen molar-refractivity contribution in [2.24, 2.45) is 0 Å². The molecule has 5 rings (SSSR count). The molecule has 1 fully saturated rings. The monoisotopic (exact) mass is 382 g/mol. The highest BCUT2D eigenvalue weighted by atomic mass is 16.5. The SMILES string of the molecule is c1ccc(-c2cccc3cnc(Nc4ccc(C5CNCCO5)cc4)nc23)cc1. The summed E-state index contributed by atoms with van der Waals surface area (Å²) in [5.74, 6) is 0.587. The normalized spacial score (nSPS) is 16.6. The molecule has 5 heteroatoms. The van der Waals surface area contributed by atoms with Crippen LogP contribution in [0.1, 0.15) is 11.7 Å². The number of hydrogen-bond donors (Lipinski definition) is 2. The third-order valence-corrected chi connectivity index (χ3v) is 5.16. The van der Waals surface area contributed by atoms with Gasteiger partial charge in [-0.3, -0.25) is 0 Å². The molecule has 1 unspecified atom stereocenters. The fourth-order valence-corrected chi connectivity index (χ4v) is 3.66. The van der Waals surface area contributed by atoms with Crippen molar-refractivity contribution in [2.75, 3.05) is 25.0 Å². The number of nitrogens with one attached hydrogen (secondary N) is 2. The van der Waals surface area contributed by atoms with Crippen molar-refractivity contribution in [3.8, 4) is 11.1 Å². The lowest BCUT2D eigenvalue weighted by Gasteiger charge is -2.24. The van der Waals surface area contributed by atoms with Crippen molar-refractivity contribution in [3.63, 3.8) is 0 Å². The standard InChI is InChI=1S/C24H22N4O/c1-2-5-17(6-3-1)21-8-4-7-19-15-26-24(28-23(19)21)27-20-11-9-18(10-12-20)22-16-25-13-14-29-22/h1-12,15,22,25H,13-14,16H2,(H,26,27,28). The number of benzene rings is 3. The van der Waals surface area contributed by atoms with Gasteiger partial charge in [0.25, 0.3) is 0 Å². The molecule has 0 spiro atoms. The average Bonchev–Trinajstić information content (AvgIpc) is 2.80. The number of nitrogens with zero attached hydrogens (tertiary/aromatic N) is 2. The van der Waals surface area contributed by atoms with Crippen LogP contribution in [-0.2, 0) is 4.74 Å². The van der Waals surface area contributed by atoms with Gasteiger partial charge in [0.15, 0.2) is 0 Å². The molecular weight excluding hydrogens is 360 g/mol. The van der Waals surface area contributed by atoms with Gasteiger partial charge in [-0.15, -0.1) is 0 Å². The summed E-state index contributed by atoms with van der Waals surface area (Å²) in [6.45, 7) is 2.52. The van der Waals surface area contributed by atoms with E-state index < -0.39 is 0 Å². The van der Waals surface area contributed by atoms with Crippen LogP contribution in [0.4, 0.5) is 11.6 Å². The molecule has 0 radical (unpaired) electrons. The predicted molar refractivity (Wildman–Crippen MR) is 116 cm³/mol. The van der Waals surface area contributed by atoms with E-state index in [2.05, 4.69) is 45.9 Å². The summed E-state index contributed by atoms with van der Waals surface area (Å²) >= 11 is 0. The van der Waals surface area contributed by atoms with Gasteiger partial charge in [0.05, 0.1) is 18.2 Å². The second kappa shape index (κ2) is 7.99. The van der Waals surface area contributed by atoms with Gasteiger partial charge in [-0.25, -0.2) is 9.97 Å². The summed E-state index contributed by atoms with van der Waals surface area (Å²) in [5, 5.41) is 7.71. The van der Waals surface area contributed by atoms with E-state index in [0.717, 1.165) is 47.4 Å². The molecule has 1 atom stereocenters. The highest BCUT2D eigenvalue weighted by Crippen LogP contribution is 2.28. The minimum absolute atomic E-state index is 0.114. The maximum Gasteiger partial charge on any atom is 0.227 e. The van der Waals surface area contributed by atoms with E-state index >= 15 is 0 Å². The van der Waals surface area contributed by atoms with E-state index in [1.807, 2.05) is 48.7 Å². The van der Waals surface area contributed by atoms with Crippen LogP contribution in [0, 0.1) is 0 Å². The maximum absolute atomic E-state index is 5.82. The smallest absolute Gasteiger partial charge is 0.227 e. The Kier molecular flexibility index (Phi) is 4.90. The van der Waals surface area contributed by atoms with Gasteiger partial charge in [0.1, 0.15) is 0 Å². The average molecular weight is 382 g/mol. The number of morpholine rings is 1. The molecule has 29 heavy (non-hydrogen) atoms. The van der Waals surface area contributed by atoms with Crippen molar-refractivity contribution in [1.82, 2.24) is 15.3 Å². The molecule has 144 valence electrons. The summed E-state index contributed by atoms with van der Waals surface area (Å²) < 4.78 is 5.82. The first-order chi connectivity index (χ1) is 14.4. The van der Waals surface area contributed by atoms with Crippen molar-refractivity contribution in [1.29, 1.82) is 0 Å². The third kappa shape index (κ3) is 3.83. The quantitative estimate of drug-likeness (QED) is 0.536. The molecule has 0 aliphatic carbocycles. The number of hydrogen-bond acceptors (Lipinski definition) is 5. The van der Waals surface area contributed by atoms with Crippen LogP contribution in [0.15, 0.2) is 79.0 Å². The Balaban J connectivity index is 1.42. The van der Waals surface area contributed by atoms with Crippen LogP contribution >= 0.6 is 0 Å². The summed E-state index contributed by atoms with van der Waals surface area (Å²) in [6, 6.07) is 24.8. The Hall–Kier alpha value is -3.28. The van der Waals surface area contributed by atoms with Gasteiger partial charge in [0.2, 0.25) is 5.95 Å². The van der Waals surface area contributed by atoms with Crippen molar-refractivity contribution in [3.05, 3.63) is 84.6 Å². The molecule has 2 N–H and O–H groups in total. The predicted octanol–water partition coefficient (Wildman–Crippen LogP) is 4.70. The lowest BCUT2D eigenvalue weighted by Crippen LogP contribution is -2.33. The van der Waals surface area contributed by atoms with Gasteiger partial charge < -0.3 is 15.4 Å². The van der Waals surface area contributed by atoms with E-state index in [-0.39, 0.29) is 6.10 Å². The molecule has 0 bridgehead atoms. The van der Waals surface area contributed by atoms with E-state index in [4.69, 9.17) is 9.72 Å². The van der Waals surface area contributed by atoms with Crippen LogP contribution < -0.4 is 10.6 Å². The largest absolute Gasteiger partial charge is 0.371 e. The molecule has 0 saturated carbocycles. The molecule has 1 saturated heterocycles. The molecule has 1 aliphatic heterocycles. The maximum atomic E-state index is 5.82. The number of rotatable bonds is 4. The lowest BCUT2D eigenvalue weighted by molar-refractivity contribution is 0.0277. The third-order valence-electron chi connectivity index (χ3n) is 5.16. The van der Waals surface area contributed by atoms with Crippen LogP contribution in [0.3, 0.4) is 0 Å². The van der Waals surface area contributed by atoms with Crippen LogP contribution in [-0.4, -0.2) is 29.7 Å². The molecule has 0 amide bonds. The summed E-state index contributed by atoms with van der Waals surface area (Å²) in [5.41, 5.74) is 5.32. The molecule has 2 heterocycles. The van der Waals surface area contributed by atoms with Crippen molar-refractivity contribution >= 4 is 22.5 Å². The zero-order valence-corrected chi connectivity index (χ0v) is 16.0. The molecule has 1 aromatic heterocycles. The zero-order valence-electron chi connectivity index (χ0n) is 16.0. The van der Waals surface area contributed by atoms with E-state index in [1.165, 1.54) is 5.56 Å². The van der Waals surface area contributed by atoms with Crippen LogP contribution in [0.5, 0.6) is 0 Å². The number of aromatic nitrogens is 2. The first-order valence-corrected chi connectivity index (χ1v) is 9.87. The number of anilines is 2. The molecule has 4 aromatic rings. The Morgan fingerprint density at radius 3 is 2.59 bits per heavy atom. The van der Waals surface area contributed by atoms with Crippen LogP contribution in [0.2, 0.25) is 0 Å². The minimum Gasteiger partial charge on any atom is -0.371 e. The fourth-order valence-electron chi connectivity index (χ4n) is 3.66. The minimum atomic E-state index is 0.114. The number of para-hydroxylation sites is 1. The second-order valence-electron chi connectivity index (χ2n) is 7.11. The van der Waals surface area contributed by atoms with Gasteiger partial charge in [-0.05, 0) is 23.3 Å². The first-order valence-electron chi connectivity index (χ1n) is 9.87. The van der Waals surface area contributed by atoms with Crippen LogP contribution in [0.25, 0.3) is 22.0 Å². The van der Waals surface area contributed by atoms with Gasteiger partial charge in [-0.2, -0.15) is 0 Å². The van der Waals surface area contributed by atoms with E-state index in [9.17, 15) is 0 Å². The van der Waals surface area contributed by atoms with Gasteiger partial charge in [0, 0.05) is 35.9 Å². The second-order valence-corrected chi connectivity index (χ2v) is 7.11. The Morgan fingerprint density at radius 2 is 1.79 bits per heavy atom. The summed E-state index contributed by atoms with van der Waals surface area (Å²) in [4.78, 5) is 9.29. The van der Waals surface area contributed by atoms with E-state index in [1.54, 1.807) is 0 Å². The Labute approximate surface area is 169 Å².